The van der Waals surface area contributed by atoms with E-state index in [4.69, 9.17) is 14.2 Å². The minimum atomic E-state index is -1.08. The summed E-state index contributed by atoms with van der Waals surface area (Å²) in [4.78, 5) is 26.8. The van der Waals surface area contributed by atoms with Crippen LogP contribution in [0.3, 0.4) is 0 Å². The monoisotopic (exact) mass is 315 g/mol. The molecule has 2 amide bonds. The summed E-state index contributed by atoms with van der Waals surface area (Å²) in [5, 5.41) is 9.68. The van der Waals surface area contributed by atoms with Gasteiger partial charge in [0.15, 0.2) is 11.5 Å². The van der Waals surface area contributed by atoms with Crippen molar-refractivity contribution in [3.05, 3.63) is 30.4 Å². The number of rotatable bonds is 2. The second kappa shape index (κ2) is 4.12. The zero-order valence-electron chi connectivity index (χ0n) is 12.0. The molecule has 4 aliphatic rings. The highest BCUT2D eigenvalue weighted by Gasteiger charge is 2.67. The molecule has 5 rings (SSSR count). The number of carbonyl (C=O) groups excluding carboxylic acids is 2. The van der Waals surface area contributed by atoms with Crippen molar-refractivity contribution in [3.63, 3.8) is 0 Å². The average molecular weight is 315 g/mol. The molecule has 23 heavy (non-hydrogen) atoms. The van der Waals surface area contributed by atoms with Crippen molar-refractivity contribution in [2.24, 2.45) is 11.8 Å². The van der Waals surface area contributed by atoms with Gasteiger partial charge in [0.1, 0.15) is 5.60 Å². The van der Waals surface area contributed by atoms with Crippen LogP contribution in [0.5, 0.6) is 11.5 Å². The molecule has 4 aliphatic heterocycles. The van der Waals surface area contributed by atoms with Crippen LogP contribution in [-0.2, 0) is 14.3 Å². The van der Waals surface area contributed by atoms with Gasteiger partial charge in [-0.2, -0.15) is 0 Å². The molecule has 2 fully saturated rings. The van der Waals surface area contributed by atoms with Crippen LogP contribution in [0.2, 0.25) is 0 Å². The van der Waals surface area contributed by atoms with Crippen molar-refractivity contribution >= 4 is 17.5 Å². The topological polar surface area (TPSA) is 85.3 Å². The molecule has 4 atom stereocenters. The van der Waals surface area contributed by atoms with Crippen molar-refractivity contribution in [1.82, 2.24) is 0 Å². The standard InChI is InChI=1S/C16H13NO6/c18-6-16-4-3-10(23-16)12-13(16)15(20)17(14(12)19)8-1-2-9-11(5-8)22-7-21-9/h1-5,10,12-13,18H,6-7H2/t10-,12-,13-,16+/m1/s1. The number of anilines is 1. The Kier molecular flexibility index (Phi) is 2.35. The smallest absolute Gasteiger partial charge is 0.241 e. The van der Waals surface area contributed by atoms with Gasteiger partial charge in [-0.25, -0.2) is 4.90 Å². The van der Waals surface area contributed by atoms with Crippen molar-refractivity contribution in [3.8, 4) is 11.5 Å². The van der Waals surface area contributed by atoms with Crippen LogP contribution in [-0.4, -0.2) is 42.0 Å². The third-order valence-corrected chi connectivity index (χ3v) is 5.02. The Morgan fingerprint density at radius 3 is 2.87 bits per heavy atom. The van der Waals surface area contributed by atoms with Crippen LogP contribution in [0, 0.1) is 11.8 Å². The van der Waals surface area contributed by atoms with Gasteiger partial charge in [-0.05, 0) is 12.1 Å². The Hall–Kier alpha value is -2.38. The van der Waals surface area contributed by atoms with Crippen LogP contribution >= 0.6 is 0 Å². The van der Waals surface area contributed by atoms with E-state index in [2.05, 4.69) is 0 Å². The van der Waals surface area contributed by atoms with Crippen molar-refractivity contribution in [2.75, 3.05) is 18.3 Å². The minimum Gasteiger partial charge on any atom is -0.454 e. The van der Waals surface area contributed by atoms with E-state index in [1.165, 1.54) is 4.90 Å². The number of benzene rings is 1. The Morgan fingerprint density at radius 2 is 2.04 bits per heavy atom. The van der Waals surface area contributed by atoms with Crippen LogP contribution < -0.4 is 14.4 Å². The predicted molar refractivity (Wildman–Crippen MR) is 75.9 cm³/mol. The molecule has 0 unspecified atom stereocenters. The van der Waals surface area contributed by atoms with Gasteiger partial charge in [-0.1, -0.05) is 12.2 Å². The summed E-state index contributed by atoms with van der Waals surface area (Å²) >= 11 is 0. The lowest BCUT2D eigenvalue weighted by Gasteiger charge is -2.26. The van der Waals surface area contributed by atoms with Gasteiger partial charge in [0, 0.05) is 6.07 Å². The van der Waals surface area contributed by atoms with Gasteiger partial charge in [0.2, 0.25) is 18.6 Å². The van der Waals surface area contributed by atoms with E-state index in [1.54, 1.807) is 30.4 Å². The van der Waals surface area contributed by atoms with E-state index in [9.17, 15) is 14.7 Å². The second-order valence-corrected chi connectivity index (χ2v) is 6.11. The Bertz CT molecular complexity index is 774. The first kappa shape index (κ1) is 13.1. The van der Waals surface area contributed by atoms with Gasteiger partial charge in [-0.15, -0.1) is 0 Å². The fourth-order valence-corrected chi connectivity index (χ4v) is 3.96. The number of hydrogen-bond donors (Lipinski definition) is 1. The number of fused-ring (bicyclic) bond motifs is 6. The first-order valence-corrected chi connectivity index (χ1v) is 7.40. The lowest BCUT2D eigenvalue weighted by Crippen LogP contribution is -2.43. The molecule has 1 aromatic carbocycles. The molecule has 1 N–H and O–H groups in total. The van der Waals surface area contributed by atoms with E-state index >= 15 is 0 Å². The molecule has 7 heteroatoms. The quantitative estimate of drug-likeness (QED) is 0.621. The van der Waals surface area contributed by atoms with Crippen LogP contribution in [0.25, 0.3) is 0 Å². The normalized spacial score (nSPS) is 36.2. The van der Waals surface area contributed by atoms with E-state index in [0.29, 0.717) is 17.2 Å². The molecule has 0 saturated carbocycles. The van der Waals surface area contributed by atoms with Crippen molar-refractivity contribution in [1.29, 1.82) is 0 Å². The molecule has 118 valence electrons. The summed E-state index contributed by atoms with van der Waals surface area (Å²) in [6.07, 6.45) is 3.00. The highest BCUT2D eigenvalue weighted by molar-refractivity contribution is 6.23. The maximum atomic E-state index is 12.9. The summed E-state index contributed by atoms with van der Waals surface area (Å²) in [5.74, 6) is -0.812. The molecular weight excluding hydrogens is 302 g/mol. The first-order chi connectivity index (χ1) is 11.1. The molecule has 2 bridgehead atoms. The maximum Gasteiger partial charge on any atom is 0.241 e. The molecular formula is C16H13NO6. The zero-order chi connectivity index (χ0) is 15.8. The van der Waals surface area contributed by atoms with Gasteiger partial charge < -0.3 is 19.3 Å². The Labute approximate surface area is 131 Å². The Morgan fingerprint density at radius 1 is 1.22 bits per heavy atom. The fourth-order valence-electron chi connectivity index (χ4n) is 3.96. The minimum absolute atomic E-state index is 0.124. The summed E-state index contributed by atoms with van der Waals surface area (Å²) in [6.45, 7) is -0.200. The summed E-state index contributed by atoms with van der Waals surface area (Å²) < 4.78 is 16.3. The highest BCUT2D eigenvalue weighted by Crippen LogP contribution is 2.52. The van der Waals surface area contributed by atoms with Crippen LogP contribution in [0.1, 0.15) is 0 Å². The molecule has 0 aromatic heterocycles. The number of carbonyl (C=O) groups is 2. The van der Waals surface area contributed by atoms with Gasteiger partial charge in [0.25, 0.3) is 0 Å². The van der Waals surface area contributed by atoms with Crippen LogP contribution in [0.4, 0.5) is 5.69 Å². The Balaban J connectivity index is 1.57. The van der Waals surface area contributed by atoms with E-state index in [0.717, 1.165) is 0 Å². The molecule has 0 aliphatic carbocycles. The zero-order valence-corrected chi connectivity index (χ0v) is 12.0. The number of imide groups is 1. The first-order valence-electron chi connectivity index (χ1n) is 7.40. The van der Waals surface area contributed by atoms with Gasteiger partial charge >= 0.3 is 0 Å². The number of ether oxygens (including phenoxy) is 3. The van der Waals surface area contributed by atoms with Gasteiger partial charge in [-0.3, -0.25) is 9.59 Å². The van der Waals surface area contributed by atoms with E-state index in [-0.39, 0.29) is 25.2 Å². The largest absolute Gasteiger partial charge is 0.454 e. The van der Waals surface area contributed by atoms with E-state index < -0.39 is 23.5 Å². The molecule has 4 heterocycles. The van der Waals surface area contributed by atoms with Crippen molar-refractivity contribution < 1.29 is 28.9 Å². The lowest BCUT2D eigenvalue weighted by atomic mass is 9.77. The van der Waals surface area contributed by atoms with E-state index in [1.807, 2.05) is 0 Å². The summed E-state index contributed by atoms with van der Waals surface area (Å²) in [7, 11) is 0. The molecule has 7 nitrogen and oxygen atoms in total. The van der Waals surface area contributed by atoms with Crippen molar-refractivity contribution in [2.45, 2.75) is 11.7 Å². The fraction of sp³-hybridized carbons (Fsp3) is 0.375. The average Bonchev–Trinajstić information content (AvgIpc) is 3.29. The number of aliphatic hydroxyl groups is 1. The SMILES string of the molecule is O=C1[C@@H]2[C@H]3C=C[C@@](CO)(O3)[C@H]2C(=O)N1c1ccc2c(c1)OCO2. The lowest BCUT2D eigenvalue weighted by molar-refractivity contribution is -0.128. The predicted octanol–water partition coefficient (Wildman–Crippen LogP) is 0.221. The number of aliphatic hydroxyl groups excluding tert-OH is 1. The summed E-state index contributed by atoms with van der Waals surface area (Å²) in [5.41, 5.74) is -0.626. The molecule has 1 aromatic rings. The number of amides is 2. The third kappa shape index (κ3) is 1.46. The third-order valence-electron chi connectivity index (χ3n) is 5.02. The maximum absolute atomic E-state index is 12.9. The highest BCUT2D eigenvalue weighted by atomic mass is 16.7. The molecule has 2 saturated heterocycles. The second-order valence-electron chi connectivity index (χ2n) is 6.11. The van der Waals surface area contributed by atoms with Crippen LogP contribution in [0.15, 0.2) is 30.4 Å². The van der Waals surface area contributed by atoms with Gasteiger partial charge in [0.05, 0.1) is 30.2 Å². The number of nitrogens with zero attached hydrogens (tertiary/aromatic N) is 1. The molecule has 0 radical (unpaired) electrons. The number of hydrogen-bond acceptors (Lipinski definition) is 6. The summed E-state index contributed by atoms with van der Waals surface area (Å²) in [6, 6.07) is 4.96. The molecule has 0 spiro atoms.